The topological polar surface area (TPSA) is 27.0 Å². The van der Waals surface area contributed by atoms with Crippen LogP contribution in [0.15, 0.2) is 0 Å². The second-order valence-corrected chi connectivity index (χ2v) is 6.49. The summed E-state index contributed by atoms with van der Waals surface area (Å²) < 4.78 is 0. The summed E-state index contributed by atoms with van der Waals surface area (Å²) in [6, 6.07) is 3.79. The van der Waals surface area contributed by atoms with Crippen molar-refractivity contribution in [2.75, 3.05) is 6.54 Å². The van der Waals surface area contributed by atoms with Gasteiger partial charge in [-0.25, -0.2) is 0 Å². The van der Waals surface area contributed by atoms with E-state index in [1.807, 2.05) is 0 Å². The third-order valence-electron chi connectivity index (χ3n) is 5.52. The quantitative estimate of drug-likeness (QED) is 0.742. The van der Waals surface area contributed by atoms with Crippen LogP contribution in [-0.2, 0) is 0 Å². The Hall–Kier alpha value is -0.550. The van der Waals surface area contributed by atoms with E-state index in [2.05, 4.69) is 31.7 Å². The van der Waals surface area contributed by atoms with E-state index in [0.29, 0.717) is 12.1 Å². The molecule has 1 aliphatic carbocycles. The van der Waals surface area contributed by atoms with Crippen molar-refractivity contribution in [3.8, 4) is 6.07 Å². The molecule has 2 nitrogen and oxygen atoms in total. The van der Waals surface area contributed by atoms with E-state index in [-0.39, 0.29) is 5.92 Å². The van der Waals surface area contributed by atoms with Crippen LogP contribution in [0.2, 0.25) is 0 Å². The number of rotatable bonds is 2. The zero-order valence-electron chi connectivity index (χ0n) is 12.2. The number of hydrogen-bond donors (Lipinski definition) is 0. The summed E-state index contributed by atoms with van der Waals surface area (Å²) in [4.78, 5) is 2.67. The van der Waals surface area contributed by atoms with Crippen LogP contribution in [0, 0.1) is 29.1 Å². The van der Waals surface area contributed by atoms with Crippen LogP contribution in [0.25, 0.3) is 0 Å². The molecule has 102 valence electrons. The van der Waals surface area contributed by atoms with Crippen molar-refractivity contribution in [1.82, 2.24) is 4.90 Å². The molecule has 0 aromatic rings. The molecule has 2 rings (SSSR count). The molecular weight excluding hydrogens is 220 g/mol. The molecule has 1 heterocycles. The Morgan fingerprint density at radius 3 is 2.67 bits per heavy atom. The first kappa shape index (κ1) is 13.9. The predicted octanol–water partition coefficient (Wildman–Crippen LogP) is 3.83. The number of nitrogens with zero attached hydrogens (tertiary/aromatic N) is 2. The Balaban J connectivity index is 2.09. The van der Waals surface area contributed by atoms with Crippen molar-refractivity contribution < 1.29 is 0 Å². The van der Waals surface area contributed by atoms with Crippen LogP contribution >= 0.6 is 0 Å². The number of nitriles is 1. The molecule has 0 aromatic heterocycles. The monoisotopic (exact) mass is 248 g/mol. The molecule has 0 spiro atoms. The van der Waals surface area contributed by atoms with E-state index in [4.69, 9.17) is 0 Å². The van der Waals surface area contributed by atoms with Crippen LogP contribution in [-0.4, -0.2) is 23.5 Å². The van der Waals surface area contributed by atoms with Gasteiger partial charge < -0.3 is 0 Å². The average Bonchev–Trinajstić information content (AvgIpc) is 2.41. The highest BCUT2D eigenvalue weighted by molar-refractivity contribution is 4.99. The minimum absolute atomic E-state index is 0.278. The van der Waals surface area contributed by atoms with Gasteiger partial charge in [-0.1, -0.05) is 20.3 Å². The fraction of sp³-hybridized carbons (Fsp3) is 0.938. The summed E-state index contributed by atoms with van der Waals surface area (Å²) in [5.74, 6) is 1.92. The van der Waals surface area contributed by atoms with Crippen LogP contribution < -0.4 is 0 Å². The highest BCUT2D eigenvalue weighted by Crippen LogP contribution is 2.37. The van der Waals surface area contributed by atoms with Crippen molar-refractivity contribution in [2.45, 2.75) is 71.4 Å². The first-order valence-electron chi connectivity index (χ1n) is 7.82. The summed E-state index contributed by atoms with van der Waals surface area (Å²) >= 11 is 0. The molecule has 0 amide bonds. The van der Waals surface area contributed by atoms with E-state index < -0.39 is 0 Å². The van der Waals surface area contributed by atoms with Crippen LogP contribution in [0.3, 0.4) is 0 Å². The van der Waals surface area contributed by atoms with Gasteiger partial charge in [0.25, 0.3) is 0 Å². The zero-order valence-corrected chi connectivity index (χ0v) is 12.2. The molecule has 0 bridgehead atoms. The number of likely N-dealkylation sites (tertiary alicyclic amines) is 1. The molecule has 2 fully saturated rings. The molecule has 1 saturated heterocycles. The minimum Gasteiger partial charge on any atom is -0.296 e. The van der Waals surface area contributed by atoms with Gasteiger partial charge in [0.05, 0.1) is 12.0 Å². The van der Waals surface area contributed by atoms with Gasteiger partial charge in [0.2, 0.25) is 0 Å². The van der Waals surface area contributed by atoms with E-state index in [9.17, 15) is 5.26 Å². The maximum Gasteiger partial charge on any atom is 0.0672 e. The lowest BCUT2D eigenvalue weighted by atomic mass is 9.75. The Labute approximate surface area is 112 Å². The van der Waals surface area contributed by atoms with E-state index in [1.54, 1.807) is 0 Å². The Kier molecular flexibility index (Phi) is 4.67. The molecule has 1 saturated carbocycles. The third-order valence-corrected chi connectivity index (χ3v) is 5.52. The predicted molar refractivity (Wildman–Crippen MR) is 75.1 cm³/mol. The Morgan fingerprint density at radius 1 is 1.22 bits per heavy atom. The molecule has 0 N–H and O–H groups in total. The van der Waals surface area contributed by atoms with E-state index in [1.165, 1.54) is 38.6 Å². The van der Waals surface area contributed by atoms with Crippen LogP contribution in [0.4, 0.5) is 0 Å². The van der Waals surface area contributed by atoms with Crippen molar-refractivity contribution in [3.63, 3.8) is 0 Å². The Morgan fingerprint density at radius 2 is 2.00 bits per heavy atom. The number of hydrogen-bond acceptors (Lipinski definition) is 2. The van der Waals surface area contributed by atoms with Crippen molar-refractivity contribution in [1.29, 1.82) is 5.26 Å². The Bertz CT molecular complexity index is 307. The summed E-state index contributed by atoms with van der Waals surface area (Å²) in [7, 11) is 0. The smallest absolute Gasteiger partial charge is 0.0672 e. The normalized spacial score (nSPS) is 42.4. The lowest BCUT2D eigenvalue weighted by molar-refractivity contribution is 0.0211. The second kappa shape index (κ2) is 6.06. The standard InChI is InChI=1S/C16H28N2/c1-4-14-7-8-15(11-17)16(10-14)18-9-5-6-12(2)13(18)3/h12-16H,4-10H2,1-3H3. The molecule has 0 radical (unpaired) electrons. The molecular formula is C16H28N2. The molecule has 2 aliphatic rings. The largest absolute Gasteiger partial charge is 0.296 e. The van der Waals surface area contributed by atoms with Gasteiger partial charge >= 0.3 is 0 Å². The molecule has 5 unspecified atom stereocenters. The lowest BCUT2D eigenvalue weighted by Gasteiger charge is -2.47. The third kappa shape index (κ3) is 2.72. The first-order valence-corrected chi connectivity index (χ1v) is 7.82. The molecule has 0 aromatic carbocycles. The van der Waals surface area contributed by atoms with Gasteiger partial charge in [0, 0.05) is 12.1 Å². The maximum atomic E-state index is 9.43. The highest BCUT2D eigenvalue weighted by atomic mass is 15.2. The van der Waals surface area contributed by atoms with Crippen molar-refractivity contribution in [2.24, 2.45) is 17.8 Å². The average molecular weight is 248 g/mol. The van der Waals surface area contributed by atoms with E-state index in [0.717, 1.165) is 18.3 Å². The summed E-state index contributed by atoms with van der Waals surface area (Å²) in [6.07, 6.45) is 7.61. The van der Waals surface area contributed by atoms with Crippen LogP contribution in [0.5, 0.6) is 0 Å². The van der Waals surface area contributed by atoms with Gasteiger partial charge in [-0.3, -0.25) is 4.90 Å². The summed E-state index contributed by atoms with van der Waals surface area (Å²) in [5, 5.41) is 9.43. The molecule has 5 atom stereocenters. The fourth-order valence-corrected chi connectivity index (χ4v) is 3.95. The first-order chi connectivity index (χ1) is 8.67. The second-order valence-electron chi connectivity index (χ2n) is 6.49. The summed E-state index contributed by atoms with van der Waals surface area (Å²) in [5.41, 5.74) is 0. The lowest BCUT2D eigenvalue weighted by Crippen LogP contribution is -2.52. The van der Waals surface area contributed by atoms with E-state index >= 15 is 0 Å². The van der Waals surface area contributed by atoms with Gasteiger partial charge in [0.1, 0.15) is 0 Å². The molecule has 18 heavy (non-hydrogen) atoms. The van der Waals surface area contributed by atoms with Crippen molar-refractivity contribution >= 4 is 0 Å². The van der Waals surface area contributed by atoms with Gasteiger partial charge in [-0.2, -0.15) is 5.26 Å². The zero-order chi connectivity index (χ0) is 13.1. The molecule has 1 aliphatic heterocycles. The SMILES string of the molecule is CCC1CCC(C#N)C(N2CCCC(C)C2C)C1. The number of piperidine rings is 1. The van der Waals surface area contributed by atoms with Crippen molar-refractivity contribution in [3.05, 3.63) is 0 Å². The van der Waals surface area contributed by atoms with Gasteiger partial charge in [-0.05, 0) is 57.4 Å². The van der Waals surface area contributed by atoms with Gasteiger partial charge in [0.15, 0.2) is 0 Å². The highest BCUT2D eigenvalue weighted by Gasteiger charge is 2.38. The summed E-state index contributed by atoms with van der Waals surface area (Å²) in [6.45, 7) is 8.26. The minimum atomic E-state index is 0.278. The fourth-order valence-electron chi connectivity index (χ4n) is 3.95. The maximum absolute atomic E-state index is 9.43. The van der Waals surface area contributed by atoms with Gasteiger partial charge in [-0.15, -0.1) is 0 Å². The van der Waals surface area contributed by atoms with Crippen LogP contribution in [0.1, 0.15) is 59.3 Å². The molecule has 2 heteroatoms.